The lowest BCUT2D eigenvalue weighted by Gasteiger charge is -2.05. The summed E-state index contributed by atoms with van der Waals surface area (Å²) in [6.45, 7) is 0. The number of hydrogen-bond acceptors (Lipinski definition) is 4. The second kappa shape index (κ2) is 5.83. The van der Waals surface area contributed by atoms with Crippen LogP contribution in [0.4, 0.5) is 0 Å². The van der Waals surface area contributed by atoms with Crippen molar-refractivity contribution in [2.45, 2.75) is 11.5 Å². The predicted molar refractivity (Wildman–Crippen MR) is 74.0 cm³/mol. The van der Waals surface area contributed by atoms with E-state index >= 15 is 0 Å². The van der Waals surface area contributed by atoms with Gasteiger partial charge in [0.2, 0.25) is 0 Å². The average Bonchev–Trinajstić information content (AvgIpc) is 2.39. The molecular weight excluding hydrogens is 278 g/mol. The van der Waals surface area contributed by atoms with Gasteiger partial charge in [-0.2, -0.15) is 0 Å². The lowest BCUT2D eigenvalue weighted by atomic mass is 10.2. The van der Waals surface area contributed by atoms with Crippen molar-refractivity contribution in [3.05, 3.63) is 65.5 Å². The van der Waals surface area contributed by atoms with E-state index in [-0.39, 0.29) is 22.9 Å². The first-order chi connectivity index (χ1) is 9.46. The Bertz CT molecular complexity index is 711. The fourth-order valence-electron chi connectivity index (χ4n) is 1.78. The van der Waals surface area contributed by atoms with Gasteiger partial charge < -0.3 is 5.11 Å². The summed E-state index contributed by atoms with van der Waals surface area (Å²) < 4.78 is 24.1. The maximum atomic E-state index is 12.1. The molecule has 2 aromatic rings. The lowest BCUT2D eigenvalue weighted by molar-refractivity contribution is 0.0690. The van der Waals surface area contributed by atoms with Gasteiger partial charge in [0, 0.05) is 0 Å². The molecule has 5 nitrogen and oxygen atoms in total. The lowest BCUT2D eigenvalue weighted by Crippen LogP contribution is -2.10. The van der Waals surface area contributed by atoms with Crippen LogP contribution in [0.25, 0.3) is 0 Å². The van der Waals surface area contributed by atoms with Gasteiger partial charge in [-0.1, -0.05) is 36.4 Å². The monoisotopic (exact) mass is 291 g/mol. The molecule has 104 valence electrons. The summed E-state index contributed by atoms with van der Waals surface area (Å²) in [5, 5.41) is 8.83. The number of aromatic carboxylic acids is 1. The average molecular weight is 291 g/mol. The van der Waals surface area contributed by atoms with Crippen LogP contribution in [-0.4, -0.2) is 24.5 Å². The molecule has 0 amide bonds. The topological polar surface area (TPSA) is 84.3 Å². The number of aromatic nitrogens is 1. The number of carboxylic acid groups (broad SMARTS) is 1. The highest BCUT2D eigenvalue weighted by Gasteiger charge is 2.15. The number of hydrogen-bond donors (Lipinski definition) is 1. The van der Waals surface area contributed by atoms with Gasteiger partial charge in [0.05, 0.1) is 17.2 Å². The van der Waals surface area contributed by atoms with E-state index in [0.29, 0.717) is 5.56 Å². The summed E-state index contributed by atoms with van der Waals surface area (Å²) in [5.74, 6) is -1.54. The van der Waals surface area contributed by atoms with Gasteiger partial charge in [-0.3, -0.25) is 0 Å². The van der Waals surface area contributed by atoms with Crippen LogP contribution in [0, 0.1) is 0 Å². The number of benzene rings is 1. The zero-order valence-corrected chi connectivity index (χ0v) is 11.4. The van der Waals surface area contributed by atoms with Gasteiger partial charge in [-0.25, -0.2) is 18.2 Å². The Balaban J connectivity index is 2.16. The van der Waals surface area contributed by atoms with Gasteiger partial charge in [0.25, 0.3) is 0 Å². The summed E-state index contributed by atoms with van der Waals surface area (Å²) >= 11 is 0. The van der Waals surface area contributed by atoms with Crippen LogP contribution in [-0.2, 0) is 21.3 Å². The number of nitrogens with zero attached hydrogens (tertiary/aromatic N) is 1. The Labute approximate surface area is 116 Å². The molecule has 0 fully saturated rings. The Morgan fingerprint density at radius 2 is 1.70 bits per heavy atom. The second-order valence-corrected chi connectivity index (χ2v) is 6.40. The molecule has 0 unspecified atom stereocenters. The van der Waals surface area contributed by atoms with Crippen molar-refractivity contribution in [1.82, 2.24) is 4.98 Å². The molecule has 0 atom stereocenters. The van der Waals surface area contributed by atoms with Crippen molar-refractivity contribution < 1.29 is 18.3 Å². The standard InChI is InChI=1S/C14H13NO4S/c16-14(17)13-8-4-7-12(15-13)10-20(18,19)9-11-5-2-1-3-6-11/h1-8H,9-10H2,(H,16,17). The van der Waals surface area contributed by atoms with E-state index in [1.165, 1.54) is 18.2 Å². The van der Waals surface area contributed by atoms with Crippen molar-refractivity contribution in [3.8, 4) is 0 Å². The van der Waals surface area contributed by atoms with Gasteiger partial charge in [0.15, 0.2) is 9.84 Å². The molecule has 0 radical (unpaired) electrons. The van der Waals surface area contributed by atoms with Crippen molar-refractivity contribution >= 4 is 15.8 Å². The smallest absolute Gasteiger partial charge is 0.354 e. The van der Waals surface area contributed by atoms with Crippen molar-refractivity contribution in [1.29, 1.82) is 0 Å². The SMILES string of the molecule is O=C(O)c1cccc(CS(=O)(=O)Cc2ccccc2)n1. The van der Waals surface area contributed by atoms with Crippen LogP contribution in [0.15, 0.2) is 48.5 Å². The van der Waals surface area contributed by atoms with Gasteiger partial charge in [-0.05, 0) is 17.7 Å². The highest BCUT2D eigenvalue weighted by molar-refractivity contribution is 7.89. The molecule has 0 aliphatic rings. The molecule has 0 aliphatic carbocycles. The third kappa shape index (κ3) is 3.89. The minimum atomic E-state index is -3.39. The molecule has 0 spiro atoms. The molecule has 1 N–H and O–H groups in total. The van der Waals surface area contributed by atoms with E-state index in [1.807, 2.05) is 6.07 Å². The Morgan fingerprint density at radius 1 is 1.00 bits per heavy atom. The zero-order chi connectivity index (χ0) is 14.6. The Kier molecular flexibility index (Phi) is 4.14. The maximum Gasteiger partial charge on any atom is 0.354 e. The quantitative estimate of drug-likeness (QED) is 0.909. The summed E-state index contributed by atoms with van der Waals surface area (Å²) in [6.07, 6.45) is 0. The minimum absolute atomic E-state index is 0.0905. The summed E-state index contributed by atoms with van der Waals surface area (Å²) in [5.41, 5.74) is 0.778. The first-order valence-electron chi connectivity index (χ1n) is 5.90. The predicted octanol–water partition coefficient (Wildman–Crippen LogP) is 1.89. The van der Waals surface area contributed by atoms with Crippen LogP contribution in [0.5, 0.6) is 0 Å². The summed E-state index contributed by atoms with van der Waals surface area (Å²) in [4.78, 5) is 14.6. The molecule has 6 heteroatoms. The van der Waals surface area contributed by atoms with Crippen molar-refractivity contribution in [2.24, 2.45) is 0 Å². The summed E-state index contributed by atoms with van der Waals surface area (Å²) in [6, 6.07) is 13.2. The molecular formula is C14H13NO4S. The highest BCUT2D eigenvalue weighted by Crippen LogP contribution is 2.11. The van der Waals surface area contributed by atoms with Crippen molar-refractivity contribution in [3.63, 3.8) is 0 Å². The number of carboxylic acids is 1. The second-order valence-electron chi connectivity index (χ2n) is 4.34. The molecule has 0 aliphatic heterocycles. The normalized spacial score (nSPS) is 11.2. The van der Waals surface area contributed by atoms with Crippen LogP contribution >= 0.6 is 0 Å². The van der Waals surface area contributed by atoms with Gasteiger partial charge in [-0.15, -0.1) is 0 Å². The van der Waals surface area contributed by atoms with Gasteiger partial charge in [0.1, 0.15) is 5.69 Å². The van der Waals surface area contributed by atoms with Crippen molar-refractivity contribution in [2.75, 3.05) is 0 Å². The molecule has 0 saturated carbocycles. The third-order valence-electron chi connectivity index (χ3n) is 2.62. The van der Waals surface area contributed by atoms with E-state index < -0.39 is 15.8 Å². The number of rotatable bonds is 5. The largest absolute Gasteiger partial charge is 0.477 e. The van der Waals surface area contributed by atoms with E-state index in [4.69, 9.17) is 5.11 Å². The van der Waals surface area contributed by atoms with E-state index in [1.54, 1.807) is 24.3 Å². The fraction of sp³-hybridized carbons (Fsp3) is 0.143. The molecule has 1 aromatic carbocycles. The van der Waals surface area contributed by atoms with Gasteiger partial charge >= 0.3 is 5.97 Å². The maximum absolute atomic E-state index is 12.1. The van der Waals surface area contributed by atoms with Crippen LogP contribution < -0.4 is 0 Å². The number of carbonyl (C=O) groups is 1. The first kappa shape index (κ1) is 14.2. The Hall–Kier alpha value is -2.21. The molecule has 0 bridgehead atoms. The van der Waals surface area contributed by atoms with E-state index in [9.17, 15) is 13.2 Å². The first-order valence-corrected chi connectivity index (χ1v) is 7.72. The van der Waals surface area contributed by atoms with Crippen LogP contribution in [0.3, 0.4) is 0 Å². The molecule has 1 heterocycles. The number of sulfone groups is 1. The minimum Gasteiger partial charge on any atom is -0.477 e. The fourth-order valence-corrected chi connectivity index (χ4v) is 3.20. The zero-order valence-electron chi connectivity index (χ0n) is 10.6. The molecule has 0 saturated heterocycles. The van der Waals surface area contributed by atoms with E-state index in [0.717, 1.165) is 0 Å². The van der Waals surface area contributed by atoms with Crippen LogP contribution in [0.2, 0.25) is 0 Å². The highest BCUT2D eigenvalue weighted by atomic mass is 32.2. The summed E-state index contributed by atoms with van der Waals surface area (Å²) in [7, 11) is -3.39. The third-order valence-corrected chi connectivity index (χ3v) is 4.13. The number of pyridine rings is 1. The molecule has 2 rings (SSSR count). The van der Waals surface area contributed by atoms with E-state index in [2.05, 4.69) is 4.98 Å². The molecule has 20 heavy (non-hydrogen) atoms. The molecule has 1 aromatic heterocycles. The Morgan fingerprint density at radius 3 is 2.35 bits per heavy atom. The van der Waals surface area contributed by atoms with Crippen LogP contribution in [0.1, 0.15) is 21.7 Å².